The SMILES string of the molecule is CCOC(=O)c1csc(NC(=O)C[C@@H](c2ccsc2)n2cnnn2)n1. The van der Waals surface area contributed by atoms with Crippen LogP contribution in [-0.2, 0) is 9.53 Å². The van der Waals surface area contributed by atoms with Crippen molar-refractivity contribution in [1.29, 1.82) is 0 Å². The van der Waals surface area contributed by atoms with E-state index in [0.29, 0.717) is 5.13 Å². The van der Waals surface area contributed by atoms with Crippen LogP contribution in [0.25, 0.3) is 0 Å². The van der Waals surface area contributed by atoms with Crippen molar-refractivity contribution in [1.82, 2.24) is 25.2 Å². The van der Waals surface area contributed by atoms with Crippen LogP contribution in [0.4, 0.5) is 5.13 Å². The second-order valence-electron chi connectivity index (χ2n) is 4.87. The largest absolute Gasteiger partial charge is 0.461 e. The first kappa shape index (κ1) is 17.2. The normalized spacial score (nSPS) is 11.9. The molecule has 0 fully saturated rings. The number of anilines is 1. The van der Waals surface area contributed by atoms with Crippen molar-refractivity contribution in [2.24, 2.45) is 0 Å². The summed E-state index contributed by atoms with van der Waals surface area (Å²) < 4.78 is 6.41. The van der Waals surface area contributed by atoms with Crippen LogP contribution < -0.4 is 5.32 Å². The fraction of sp³-hybridized carbons (Fsp3) is 0.286. The molecule has 130 valence electrons. The lowest BCUT2D eigenvalue weighted by molar-refractivity contribution is -0.116. The third kappa shape index (κ3) is 4.25. The molecule has 0 saturated heterocycles. The lowest BCUT2D eigenvalue weighted by Crippen LogP contribution is -2.20. The van der Waals surface area contributed by atoms with E-state index < -0.39 is 5.97 Å². The molecule has 9 nitrogen and oxygen atoms in total. The number of ether oxygens (including phenoxy) is 1. The summed E-state index contributed by atoms with van der Waals surface area (Å²) in [6, 6.07) is 1.61. The third-order valence-corrected chi connectivity index (χ3v) is 4.69. The highest BCUT2D eigenvalue weighted by Gasteiger charge is 2.21. The van der Waals surface area contributed by atoms with Gasteiger partial charge in [-0.3, -0.25) is 4.79 Å². The Bertz CT molecular complexity index is 797. The van der Waals surface area contributed by atoms with Crippen LogP contribution in [0.5, 0.6) is 0 Å². The average molecular weight is 378 g/mol. The lowest BCUT2D eigenvalue weighted by Gasteiger charge is -2.14. The predicted octanol–water partition coefficient (Wildman–Crippen LogP) is 1.99. The number of tetrazole rings is 1. The van der Waals surface area contributed by atoms with Crippen molar-refractivity contribution < 1.29 is 14.3 Å². The van der Waals surface area contributed by atoms with E-state index in [0.717, 1.165) is 5.56 Å². The minimum Gasteiger partial charge on any atom is -0.461 e. The number of thiazole rings is 1. The van der Waals surface area contributed by atoms with Crippen molar-refractivity contribution in [2.75, 3.05) is 11.9 Å². The highest BCUT2D eigenvalue weighted by molar-refractivity contribution is 7.14. The monoisotopic (exact) mass is 378 g/mol. The van der Waals surface area contributed by atoms with E-state index in [9.17, 15) is 9.59 Å². The first-order valence-electron chi connectivity index (χ1n) is 7.34. The second kappa shape index (κ2) is 7.94. The van der Waals surface area contributed by atoms with Crippen LogP contribution >= 0.6 is 22.7 Å². The number of nitrogens with zero attached hydrogens (tertiary/aromatic N) is 5. The Morgan fingerprint density at radius 3 is 2.96 bits per heavy atom. The van der Waals surface area contributed by atoms with Gasteiger partial charge in [0.1, 0.15) is 6.33 Å². The molecule has 0 aliphatic carbocycles. The molecule has 0 unspecified atom stereocenters. The highest BCUT2D eigenvalue weighted by Crippen LogP contribution is 2.24. The maximum Gasteiger partial charge on any atom is 0.357 e. The van der Waals surface area contributed by atoms with E-state index in [2.05, 4.69) is 25.8 Å². The van der Waals surface area contributed by atoms with Crippen LogP contribution in [0.3, 0.4) is 0 Å². The zero-order chi connectivity index (χ0) is 17.6. The molecule has 0 spiro atoms. The molecule has 25 heavy (non-hydrogen) atoms. The zero-order valence-electron chi connectivity index (χ0n) is 13.2. The molecule has 3 aromatic heterocycles. The summed E-state index contributed by atoms with van der Waals surface area (Å²) in [5.41, 5.74) is 1.12. The van der Waals surface area contributed by atoms with Gasteiger partial charge < -0.3 is 10.1 Å². The lowest BCUT2D eigenvalue weighted by atomic mass is 10.1. The van der Waals surface area contributed by atoms with Gasteiger partial charge in [-0.05, 0) is 39.7 Å². The number of hydrogen-bond acceptors (Lipinski definition) is 9. The van der Waals surface area contributed by atoms with Gasteiger partial charge in [0.15, 0.2) is 10.8 Å². The fourth-order valence-electron chi connectivity index (χ4n) is 2.12. The Balaban J connectivity index is 1.67. The highest BCUT2D eigenvalue weighted by atomic mass is 32.1. The van der Waals surface area contributed by atoms with E-state index in [1.165, 1.54) is 33.7 Å². The number of nitrogens with one attached hydrogen (secondary N) is 1. The maximum atomic E-state index is 12.4. The van der Waals surface area contributed by atoms with Gasteiger partial charge >= 0.3 is 5.97 Å². The Morgan fingerprint density at radius 1 is 1.40 bits per heavy atom. The maximum absolute atomic E-state index is 12.4. The second-order valence-corrected chi connectivity index (χ2v) is 6.51. The Kier molecular flexibility index (Phi) is 5.46. The molecule has 11 heteroatoms. The first-order valence-corrected chi connectivity index (χ1v) is 9.16. The van der Waals surface area contributed by atoms with Gasteiger partial charge in [-0.2, -0.15) is 11.3 Å². The summed E-state index contributed by atoms with van der Waals surface area (Å²) in [6.07, 6.45) is 1.61. The molecule has 0 radical (unpaired) electrons. The molecule has 3 heterocycles. The Hall–Kier alpha value is -2.66. The van der Waals surface area contributed by atoms with Gasteiger partial charge in [0, 0.05) is 5.38 Å². The summed E-state index contributed by atoms with van der Waals surface area (Å²) in [7, 11) is 0. The van der Waals surface area contributed by atoms with Gasteiger partial charge in [0.05, 0.1) is 19.1 Å². The van der Waals surface area contributed by atoms with Gasteiger partial charge in [0.2, 0.25) is 5.91 Å². The van der Waals surface area contributed by atoms with Gasteiger partial charge in [0.25, 0.3) is 0 Å². The number of aromatic nitrogens is 5. The molecule has 0 aliphatic heterocycles. The Labute approximate surface area is 150 Å². The van der Waals surface area contributed by atoms with Crippen molar-refractivity contribution in [3.8, 4) is 0 Å². The van der Waals surface area contributed by atoms with E-state index in [1.54, 1.807) is 12.3 Å². The number of carbonyl (C=O) groups excluding carboxylic acids is 2. The molecular weight excluding hydrogens is 364 g/mol. The predicted molar refractivity (Wildman–Crippen MR) is 91.6 cm³/mol. The summed E-state index contributed by atoms with van der Waals surface area (Å²) in [5, 5.41) is 19.6. The van der Waals surface area contributed by atoms with Crippen LogP contribution in [0, 0.1) is 0 Å². The molecular formula is C14H14N6O3S2. The molecule has 1 amide bonds. The van der Waals surface area contributed by atoms with Crippen molar-refractivity contribution in [3.05, 3.63) is 39.8 Å². The standard InChI is InChI=1S/C14H14N6O3S2/c1-2-23-13(22)10-7-25-14(16-10)17-12(21)5-11(9-3-4-24-6-9)20-8-15-18-19-20/h3-4,6-8,11H,2,5H2,1H3,(H,16,17,21)/t11-/m0/s1. The number of hydrogen-bond donors (Lipinski definition) is 1. The average Bonchev–Trinajstić information content (AvgIpc) is 3.34. The molecule has 0 aromatic carbocycles. The van der Waals surface area contributed by atoms with E-state index in [-0.39, 0.29) is 30.7 Å². The number of carbonyl (C=O) groups is 2. The minimum atomic E-state index is -0.510. The molecule has 1 N–H and O–H groups in total. The number of amides is 1. The third-order valence-electron chi connectivity index (χ3n) is 3.23. The minimum absolute atomic E-state index is 0.135. The van der Waals surface area contributed by atoms with Crippen molar-refractivity contribution in [2.45, 2.75) is 19.4 Å². The van der Waals surface area contributed by atoms with Gasteiger partial charge in [-0.1, -0.05) is 0 Å². The number of esters is 1. The summed E-state index contributed by atoms with van der Waals surface area (Å²) in [6.45, 7) is 1.99. The molecule has 3 rings (SSSR count). The van der Waals surface area contributed by atoms with Gasteiger partial charge in [-0.25, -0.2) is 14.5 Å². The summed E-state index contributed by atoms with van der Waals surface area (Å²) in [5.74, 6) is -0.763. The van der Waals surface area contributed by atoms with E-state index in [4.69, 9.17) is 4.74 Å². The summed E-state index contributed by atoms with van der Waals surface area (Å²) in [4.78, 5) is 28.1. The molecule has 0 bridgehead atoms. The van der Waals surface area contributed by atoms with E-state index in [1.807, 2.05) is 16.8 Å². The van der Waals surface area contributed by atoms with Crippen LogP contribution in [0.15, 0.2) is 28.5 Å². The van der Waals surface area contributed by atoms with Crippen molar-refractivity contribution in [3.63, 3.8) is 0 Å². The van der Waals surface area contributed by atoms with Gasteiger partial charge in [-0.15, -0.1) is 16.4 Å². The molecule has 0 aliphatic rings. The van der Waals surface area contributed by atoms with Crippen LogP contribution in [0.2, 0.25) is 0 Å². The quantitative estimate of drug-likeness (QED) is 0.626. The first-order chi connectivity index (χ1) is 12.2. The van der Waals surface area contributed by atoms with E-state index >= 15 is 0 Å². The zero-order valence-corrected chi connectivity index (χ0v) is 14.8. The summed E-state index contributed by atoms with van der Waals surface area (Å²) >= 11 is 2.70. The number of rotatable bonds is 7. The topological polar surface area (TPSA) is 112 Å². The molecule has 3 aromatic rings. The number of thiophene rings is 1. The van der Waals surface area contributed by atoms with Crippen LogP contribution in [-0.4, -0.2) is 43.7 Å². The molecule has 1 atom stereocenters. The Morgan fingerprint density at radius 2 is 2.28 bits per heavy atom. The fourth-order valence-corrected chi connectivity index (χ4v) is 3.52. The van der Waals surface area contributed by atoms with Crippen LogP contribution in [0.1, 0.15) is 35.4 Å². The molecule has 0 saturated carbocycles. The van der Waals surface area contributed by atoms with Crippen molar-refractivity contribution >= 4 is 39.7 Å². The smallest absolute Gasteiger partial charge is 0.357 e.